The van der Waals surface area contributed by atoms with Crippen molar-refractivity contribution in [3.8, 4) is 0 Å². The molecule has 0 aliphatic carbocycles. The SMILES string of the molecule is C=O.CC(=O)c1c(C(C)C)cc(C(C)C)cc1C(C)C. The third-order valence-electron chi connectivity index (χ3n) is 3.48. The van der Waals surface area contributed by atoms with Gasteiger partial charge in [0.25, 0.3) is 0 Å². The maximum absolute atomic E-state index is 12.0. The second kappa shape index (κ2) is 7.98. The van der Waals surface area contributed by atoms with Crippen molar-refractivity contribution in [1.82, 2.24) is 0 Å². The molecule has 1 rings (SSSR count). The van der Waals surface area contributed by atoms with E-state index in [0.717, 1.165) is 5.56 Å². The largest absolute Gasteiger partial charge is 0.307 e. The lowest BCUT2D eigenvalue weighted by Gasteiger charge is -2.21. The highest BCUT2D eigenvalue weighted by atomic mass is 16.1. The topological polar surface area (TPSA) is 34.1 Å². The minimum atomic E-state index is 0.192. The molecule has 2 nitrogen and oxygen atoms in total. The van der Waals surface area contributed by atoms with Gasteiger partial charge in [0.2, 0.25) is 0 Å². The summed E-state index contributed by atoms with van der Waals surface area (Å²) in [5, 5.41) is 0. The van der Waals surface area contributed by atoms with Gasteiger partial charge in [-0.1, -0.05) is 53.7 Å². The van der Waals surface area contributed by atoms with Gasteiger partial charge in [-0.25, -0.2) is 0 Å². The van der Waals surface area contributed by atoms with Crippen molar-refractivity contribution >= 4 is 12.6 Å². The van der Waals surface area contributed by atoms with E-state index in [-0.39, 0.29) is 5.78 Å². The third-order valence-corrected chi connectivity index (χ3v) is 3.48. The molecule has 0 amide bonds. The molecule has 0 saturated carbocycles. The Kier molecular flexibility index (Phi) is 7.41. The highest BCUT2D eigenvalue weighted by Gasteiger charge is 2.19. The summed E-state index contributed by atoms with van der Waals surface area (Å²) in [6.45, 7) is 16.7. The van der Waals surface area contributed by atoms with E-state index in [2.05, 4.69) is 53.7 Å². The van der Waals surface area contributed by atoms with Crippen LogP contribution in [0.25, 0.3) is 0 Å². The first-order chi connectivity index (χ1) is 9.25. The highest BCUT2D eigenvalue weighted by molar-refractivity contribution is 5.97. The number of ketones is 1. The van der Waals surface area contributed by atoms with Crippen molar-refractivity contribution in [3.05, 3.63) is 34.4 Å². The first-order valence-corrected chi connectivity index (χ1v) is 7.23. The van der Waals surface area contributed by atoms with E-state index in [9.17, 15) is 4.79 Å². The average molecular weight is 276 g/mol. The predicted octanol–water partition coefficient (Wildman–Crippen LogP) is 5.07. The Balaban J connectivity index is 0.00000172. The van der Waals surface area contributed by atoms with Crippen LogP contribution in [0.2, 0.25) is 0 Å². The Morgan fingerprint density at radius 3 is 1.40 bits per heavy atom. The van der Waals surface area contributed by atoms with Gasteiger partial charge in [-0.15, -0.1) is 0 Å². The summed E-state index contributed by atoms with van der Waals surface area (Å²) in [7, 11) is 0. The maximum Gasteiger partial charge on any atom is 0.160 e. The number of hydrogen-bond donors (Lipinski definition) is 0. The molecule has 0 fully saturated rings. The Morgan fingerprint density at radius 1 is 0.850 bits per heavy atom. The molecule has 0 atom stereocenters. The average Bonchev–Trinajstić information content (AvgIpc) is 2.38. The van der Waals surface area contributed by atoms with Crippen LogP contribution in [-0.2, 0) is 4.79 Å². The minimum Gasteiger partial charge on any atom is -0.307 e. The van der Waals surface area contributed by atoms with Gasteiger partial charge in [-0.2, -0.15) is 0 Å². The smallest absolute Gasteiger partial charge is 0.160 e. The van der Waals surface area contributed by atoms with E-state index < -0.39 is 0 Å². The molecular weight excluding hydrogens is 248 g/mol. The lowest BCUT2D eigenvalue weighted by molar-refractivity contribution is -0.0980. The molecule has 0 saturated heterocycles. The third kappa shape index (κ3) is 4.29. The molecule has 0 spiro atoms. The van der Waals surface area contributed by atoms with Crippen LogP contribution >= 0.6 is 0 Å². The van der Waals surface area contributed by atoms with Crippen molar-refractivity contribution in [2.24, 2.45) is 0 Å². The van der Waals surface area contributed by atoms with Crippen LogP contribution in [0.4, 0.5) is 0 Å². The molecule has 0 aromatic heterocycles. The van der Waals surface area contributed by atoms with E-state index >= 15 is 0 Å². The zero-order valence-electron chi connectivity index (χ0n) is 13.9. The Morgan fingerprint density at radius 2 is 1.20 bits per heavy atom. The highest BCUT2D eigenvalue weighted by Crippen LogP contribution is 2.32. The summed E-state index contributed by atoms with van der Waals surface area (Å²) in [5.74, 6) is 1.47. The van der Waals surface area contributed by atoms with Crippen LogP contribution in [-0.4, -0.2) is 12.6 Å². The lowest BCUT2D eigenvalue weighted by atomic mass is 9.83. The van der Waals surface area contributed by atoms with Gasteiger partial charge in [-0.3, -0.25) is 4.79 Å². The number of rotatable bonds is 4. The normalized spacial score (nSPS) is 10.7. The van der Waals surface area contributed by atoms with E-state index in [1.54, 1.807) is 6.92 Å². The summed E-state index contributed by atoms with van der Waals surface area (Å²) >= 11 is 0. The second-order valence-electron chi connectivity index (χ2n) is 6.09. The molecule has 0 radical (unpaired) electrons. The number of carbonyl (C=O) groups is 2. The van der Waals surface area contributed by atoms with Gasteiger partial charge in [0, 0.05) is 5.56 Å². The van der Waals surface area contributed by atoms with E-state index in [4.69, 9.17) is 4.79 Å². The van der Waals surface area contributed by atoms with Gasteiger partial charge >= 0.3 is 0 Å². The van der Waals surface area contributed by atoms with Crippen molar-refractivity contribution < 1.29 is 9.59 Å². The molecule has 0 heterocycles. The molecule has 1 aromatic carbocycles. The summed E-state index contributed by atoms with van der Waals surface area (Å²) in [6, 6.07) is 4.44. The van der Waals surface area contributed by atoms with Crippen LogP contribution in [0.3, 0.4) is 0 Å². The molecule has 112 valence electrons. The quantitative estimate of drug-likeness (QED) is 0.719. The zero-order chi connectivity index (χ0) is 16.0. The summed E-state index contributed by atoms with van der Waals surface area (Å²) in [4.78, 5) is 20.0. The van der Waals surface area contributed by atoms with E-state index in [1.807, 2.05) is 6.79 Å². The molecule has 0 N–H and O–H groups in total. The monoisotopic (exact) mass is 276 g/mol. The molecule has 1 aromatic rings. The molecule has 2 heteroatoms. The standard InChI is InChI=1S/C17H26O.CH2O/c1-10(2)14-8-15(11(3)4)17(13(7)18)16(9-14)12(5)6;1-2/h8-12H,1-7H3;1H2. The lowest BCUT2D eigenvalue weighted by Crippen LogP contribution is -2.09. The van der Waals surface area contributed by atoms with Crippen molar-refractivity contribution in [3.63, 3.8) is 0 Å². The minimum absolute atomic E-state index is 0.192. The van der Waals surface area contributed by atoms with Gasteiger partial charge in [0.05, 0.1) is 0 Å². The van der Waals surface area contributed by atoms with Crippen LogP contribution in [0.15, 0.2) is 12.1 Å². The Labute approximate surface area is 123 Å². The molecule has 0 unspecified atom stereocenters. The molecule has 0 aliphatic heterocycles. The summed E-state index contributed by atoms with van der Waals surface area (Å²) in [5.41, 5.74) is 4.70. The zero-order valence-corrected chi connectivity index (χ0v) is 13.9. The molecule has 20 heavy (non-hydrogen) atoms. The van der Waals surface area contributed by atoms with Crippen molar-refractivity contribution in [2.45, 2.75) is 66.2 Å². The van der Waals surface area contributed by atoms with Crippen LogP contribution in [0, 0.1) is 0 Å². The fourth-order valence-electron chi connectivity index (χ4n) is 2.36. The number of Topliss-reactive ketones (excluding diaryl/α,β-unsaturated/α-hetero) is 1. The van der Waals surface area contributed by atoms with Gasteiger partial charge in [-0.05, 0) is 41.4 Å². The predicted molar refractivity (Wildman–Crippen MR) is 85.8 cm³/mol. The summed E-state index contributed by atoms with van der Waals surface area (Å²) < 4.78 is 0. The van der Waals surface area contributed by atoms with Gasteiger partial charge in [0.1, 0.15) is 6.79 Å². The van der Waals surface area contributed by atoms with E-state index in [1.165, 1.54) is 16.7 Å². The summed E-state index contributed by atoms with van der Waals surface area (Å²) in [6.07, 6.45) is 0. The number of benzene rings is 1. The van der Waals surface area contributed by atoms with E-state index in [0.29, 0.717) is 17.8 Å². The molecular formula is C18H28O2. The van der Waals surface area contributed by atoms with Crippen molar-refractivity contribution in [2.75, 3.05) is 0 Å². The van der Waals surface area contributed by atoms with Crippen LogP contribution in [0.5, 0.6) is 0 Å². The second-order valence-corrected chi connectivity index (χ2v) is 6.09. The molecule has 0 bridgehead atoms. The first-order valence-electron chi connectivity index (χ1n) is 7.23. The van der Waals surface area contributed by atoms with Crippen molar-refractivity contribution in [1.29, 1.82) is 0 Å². The van der Waals surface area contributed by atoms with Crippen LogP contribution in [0.1, 0.15) is 93.3 Å². The van der Waals surface area contributed by atoms with Gasteiger partial charge in [0.15, 0.2) is 5.78 Å². The first kappa shape index (κ1) is 18.6. The fraction of sp³-hybridized carbons (Fsp3) is 0.556. The Bertz CT molecular complexity index is 427. The maximum atomic E-state index is 12.0. The Hall–Kier alpha value is -1.44. The van der Waals surface area contributed by atoms with Gasteiger partial charge < -0.3 is 4.79 Å². The van der Waals surface area contributed by atoms with Crippen LogP contribution < -0.4 is 0 Å². The number of hydrogen-bond acceptors (Lipinski definition) is 2. The molecule has 0 aliphatic rings. The number of carbonyl (C=O) groups excluding carboxylic acids is 2. The fourth-order valence-corrected chi connectivity index (χ4v) is 2.36.